The van der Waals surface area contributed by atoms with Gasteiger partial charge in [-0.05, 0) is 24.1 Å². The fourth-order valence-electron chi connectivity index (χ4n) is 1.91. The molecule has 2 rings (SSSR count). The lowest BCUT2D eigenvalue weighted by Crippen LogP contribution is -2.19. The first-order valence-corrected chi connectivity index (χ1v) is 6.29. The Hall–Kier alpha value is -2.21. The fraction of sp³-hybridized carbons (Fsp3) is 0.231. The van der Waals surface area contributed by atoms with Gasteiger partial charge >= 0.3 is 5.69 Å². The molecular weight excluding hydrogens is 280 g/mol. The van der Waals surface area contributed by atoms with Gasteiger partial charge in [0, 0.05) is 13.6 Å². The minimum absolute atomic E-state index is 0.0123. The lowest BCUT2D eigenvalue weighted by molar-refractivity contribution is -0.384. The molecule has 0 saturated carbocycles. The first kappa shape index (κ1) is 14.2. The Morgan fingerprint density at radius 2 is 2.20 bits per heavy atom. The first-order chi connectivity index (χ1) is 9.47. The highest BCUT2D eigenvalue weighted by Crippen LogP contribution is 2.26. The zero-order valence-corrected chi connectivity index (χ0v) is 11.8. The van der Waals surface area contributed by atoms with Crippen molar-refractivity contribution in [3.8, 4) is 0 Å². The topological polar surface area (TPSA) is 72.2 Å². The summed E-state index contributed by atoms with van der Waals surface area (Å²) >= 11 is 5.72. The Kier molecular flexibility index (Phi) is 4.14. The molecule has 0 unspecified atom stereocenters. The second-order valence-electron chi connectivity index (χ2n) is 4.45. The first-order valence-electron chi connectivity index (χ1n) is 5.91. The van der Waals surface area contributed by atoms with Gasteiger partial charge in [-0.25, -0.2) is 4.98 Å². The van der Waals surface area contributed by atoms with Crippen molar-refractivity contribution >= 4 is 23.1 Å². The van der Waals surface area contributed by atoms with E-state index in [9.17, 15) is 10.1 Å². The van der Waals surface area contributed by atoms with E-state index in [1.54, 1.807) is 11.9 Å². The number of nitro groups is 1. The highest BCUT2D eigenvalue weighted by atomic mass is 35.5. The largest absolute Gasteiger partial charge is 0.349 e. The van der Waals surface area contributed by atoms with Crippen molar-refractivity contribution in [1.29, 1.82) is 0 Å². The molecule has 0 radical (unpaired) electrons. The van der Waals surface area contributed by atoms with Gasteiger partial charge in [-0.15, -0.1) is 0 Å². The number of anilines is 1. The van der Waals surface area contributed by atoms with Crippen molar-refractivity contribution < 1.29 is 4.92 Å². The molecule has 0 fully saturated rings. The quantitative estimate of drug-likeness (QED) is 0.492. The Labute approximate surface area is 121 Å². The maximum Gasteiger partial charge on any atom is 0.329 e. The molecule has 20 heavy (non-hydrogen) atoms. The molecule has 0 aliphatic carbocycles. The molecule has 7 heteroatoms. The zero-order valence-electron chi connectivity index (χ0n) is 11.1. The van der Waals surface area contributed by atoms with Gasteiger partial charge in [-0.2, -0.15) is 4.98 Å². The predicted octanol–water partition coefficient (Wildman–Crippen LogP) is 2.98. The Balaban J connectivity index is 2.31. The van der Waals surface area contributed by atoms with Crippen LogP contribution < -0.4 is 4.90 Å². The number of hydrogen-bond donors (Lipinski definition) is 0. The number of aryl methyl sites for hydroxylation is 1. The molecule has 0 spiro atoms. The van der Waals surface area contributed by atoms with Crippen LogP contribution >= 0.6 is 11.6 Å². The summed E-state index contributed by atoms with van der Waals surface area (Å²) in [6, 6.07) is 7.91. The average molecular weight is 293 g/mol. The number of benzene rings is 1. The standard InChI is InChI=1S/C13H13ClN4O2/c1-9-4-3-5-10(6-9)8-17(2)12-11(18(19)20)7-15-13(14)16-12/h3-7H,8H2,1-2H3. The number of rotatable bonds is 4. The van der Waals surface area contributed by atoms with Gasteiger partial charge in [0.2, 0.25) is 11.1 Å². The van der Waals surface area contributed by atoms with Gasteiger partial charge in [0.25, 0.3) is 0 Å². The van der Waals surface area contributed by atoms with Crippen LogP contribution in [-0.2, 0) is 6.54 Å². The molecular formula is C13H13ClN4O2. The average Bonchev–Trinajstić information content (AvgIpc) is 2.38. The van der Waals surface area contributed by atoms with E-state index in [2.05, 4.69) is 9.97 Å². The minimum Gasteiger partial charge on any atom is -0.349 e. The summed E-state index contributed by atoms with van der Waals surface area (Å²) in [5.74, 6) is 0.205. The van der Waals surface area contributed by atoms with E-state index in [0.717, 1.165) is 17.3 Å². The van der Waals surface area contributed by atoms with Crippen molar-refractivity contribution in [2.45, 2.75) is 13.5 Å². The summed E-state index contributed by atoms with van der Waals surface area (Å²) in [5.41, 5.74) is 2.01. The van der Waals surface area contributed by atoms with Crippen molar-refractivity contribution in [2.75, 3.05) is 11.9 Å². The lowest BCUT2D eigenvalue weighted by Gasteiger charge is -2.18. The summed E-state index contributed by atoms with van der Waals surface area (Å²) in [5, 5.41) is 11.0. The SMILES string of the molecule is Cc1cccc(CN(C)c2nc(Cl)ncc2[N+](=O)[O-])c1. The molecule has 1 aromatic heterocycles. The van der Waals surface area contributed by atoms with E-state index < -0.39 is 4.92 Å². The number of hydrogen-bond acceptors (Lipinski definition) is 5. The maximum atomic E-state index is 11.0. The summed E-state index contributed by atoms with van der Waals surface area (Å²) in [4.78, 5) is 19.8. The molecule has 6 nitrogen and oxygen atoms in total. The van der Waals surface area contributed by atoms with E-state index in [-0.39, 0.29) is 16.8 Å². The molecule has 1 heterocycles. The molecule has 1 aromatic carbocycles. The van der Waals surface area contributed by atoms with Crippen molar-refractivity contribution in [2.24, 2.45) is 0 Å². The van der Waals surface area contributed by atoms with E-state index in [4.69, 9.17) is 11.6 Å². The van der Waals surface area contributed by atoms with E-state index in [1.807, 2.05) is 31.2 Å². The zero-order chi connectivity index (χ0) is 14.7. The van der Waals surface area contributed by atoms with Crippen LogP contribution in [0.1, 0.15) is 11.1 Å². The number of aromatic nitrogens is 2. The molecule has 0 aliphatic rings. The predicted molar refractivity (Wildman–Crippen MR) is 77.0 cm³/mol. The summed E-state index contributed by atoms with van der Waals surface area (Å²) < 4.78 is 0. The number of nitrogens with zero attached hydrogens (tertiary/aromatic N) is 4. The van der Waals surface area contributed by atoms with Gasteiger partial charge in [0.05, 0.1) is 4.92 Å². The highest BCUT2D eigenvalue weighted by Gasteiger charge is 2.20. The molecule has 0 aliphatic heterocycles. The number of halogens is 1. The van der Waals surface area contributed by atoms with Crippen LogP contribution in [0.5, 0.6) is 0 Å². The van der Waals surface area contributed by atoms with Crippen LogP contribution in [0, 0.1) is 17.0 Å². The van der Waals surface area contributed by atoms with Crippen molar-refractivity contribution in [1.82, 2.24) is 9.97 Å². The van der Waals surface area contributed by atoms with Gasteiger partial charge in [0.1, 0.15) is 6.20 Å². The maximum absolute atomic E-state index is 11.0. The molecule has 2 aromatic rings. The normalized spacial score (nSPS) is 10.3. The van der Waals surface area contributed by atoms with Gasteiger partial charge in [0.15, 0.2) is 0 Å². The van der Waals surface area contributed by atoms with Crippen molar-refractivity contribution in [3.63, 3.8) is 0 Å². The van der Waals surface area contributed by atoms with Gasteiger partial charge in [-0.1, -0.05) is 29.8 Å². The molecule has 0 bridgehead atoms. The van der Waals surface area contributed by atoms with Crippen molar-refractivity contribution in [3.05, 3.63) is 57.0 Å². The Morgan fingerprint density at radius 3 is 2.85 bits per heavy atom. The van der Waals surface area contributed by atoms with E-state index >= 15 is 0 Å². The van der Waals surface area contributed by atoms with Crippen LogP contribution in [0.15, 0.2) is 30.5 Å². The Morgan fingerprint density at radius 1 is 1.45 bits per heavy atom. The lowest BCUT2D eigenvalue weighted by atomic mass is 10.1. The third kappa shape index (κ3) is 3.21. The second kappa shape index (κ2) is 5.83. The fourth-order valence-corrected chi connectivity index (χ4v) is 2.04. The second-order valence-corrected chi connectivity index (χ2v) is 4.79. The summed E-state index contributed by atoms with van der Waals surface area (Å²) in [7, 11) is 1.73. The smallest absolute Gasteiger partial charge is 0.329 e. The monoisotopic (exact) mass is 292 g/mol. The summed E-state index contributed by atoms with van der Waals surface area (Å²) in [6.45, 7) is 2.49. The third-order valence-electron chi connectivity index (χ3n) is 2.78. The Bertz CT molecular complexity index is 648. The molecule has 104 valence electrons. The van der Waals surface area contributed by atoms with Crippen LogP contribution in [0.3, 0.4) is 0 Å². The molecule has 0 amide bonds. The van der Waals surface area contributed by atoms with Gasteiger partial charge < -0.3 is 4.90 Å². The van der Waals surface area contributed by atoms with Crippen LogP contribution in [0.2, 0.25) is 5.28 Å². The van der Waals surface area contributed by atoms with Crippen LogP contribution in [-0.4, -0.2) is 21.9 Å². The molecule has 0 N–H and O–H groups in total. The molecule has 0 saturated heterocycles. The molecule has 0 atom stereocenters. The van der Waals surface area contributed by atoms with Crippen LogP contribution in [0.25, 0.3) is 0 Å². The summed E-state index contributed by atoms with van der Waals surface area (Å²) in [6.07, 6.45) is 1.12. The van der Waals surface area contributed by atoms with E-state index in [1.165, 1.54) is 0 Å². The van der Waals surface area contributed by atoms with Crippen LogP contribution in [0.4, 0.5) is 11.5 Å². The van der Waals surface area contributed by atoms with Gasteiger partial charge in [-0.3, -0.25) is 10.1 Å². The minimum atomic E-state index is -0.515. The third-order valence-corrected chi connectivity index (χ3v) is 2.96. The highest BCUT2D eigenvalue weighted by molar-refractivity contribution is 6.28. The van der Waals surface area contributed by atoms with E-state index in [0.29, 0.717) is 6.54 Å².